The summed E-state index contributed by atoms with van der Waals surface area (Å²) < 4.78 is 8.11. The maximum Gasteiger partial charge on any atom is 0.254 e. The summed E-state index contributed by atoms with van der Waals surface area (Å²) in [7, 11) is 0. The van der Waals surface area contributed by atoms with Crippen molar-refractivity contribution in [3.05, 3.63) is 48.5 Å². The van der Waals surface area contributed by atoms with Gasteiger partial charge in [0.05, 0.1) is 31.4 Å². The molecule has 3 atom stereocenters. The van der Waals surface area contributed by atoms with E-state index in [2.05, 4.69) is 18.8 Å². The van der Waals surface area contributed by atoms with E-state index in [-0.39, 0.29) is 23.9 Å². The molecule has 0 unspecified atom stereocenters. The lowest BCUT2D eigenvalue weighted by molar-refractivity contribution is -0.139. The van der Waals surface area contributed by atoms with Gasteiger partial charge in [0, 0.05) is 36.6 Å². The van der Waals surface area contributed by atoms with Crippen LogP contribution in [0.5, 0.6) is 0 Å². The van der Waals surface area contributed by atoms with Crippen LogP contribution in [0, 0.1) is 5.92 Å². The van der Waals surface area contributed by atoms with Gasteiger partial charge in [0.2, 0.25) is 5.91 Å². The Hall–Kier alpha value is -2.67. The minimum absolute atomic E-state index is 0.0368. The number of carbonyl (C=O) groups excluding carboxylic acids is 2. The molecule has 3 saturated heterocycles. The molecule has 0 bridgehead atoms. The van der Waals surface area contributed by atoms with Crippen molar-refractivity contribution in [2.24, 2.45) is 5.92 Å². The summed E-state index contributed by atoms with van der Waals surface area (Å²) in [6.07, 6.45) is 6.34. The average Bonchev–Trinajstić information content (AvgIpc) is 3.44. The molecule has 4 heterocycles. The van der Waals surface area contributed by atoms with Crippen molar-refractivity contribution in [1.29, 1.82) is 0 Å². The molecule has 7 nitrogen and oxygen atoms in total. The first-order chi connectivity index (χ1) is 13.5. The fourth-order valence-corrected chi connectivity index (χ4v) is 4.97. The van der Waals surface area contributed by atoms with Crippen molar-refractivity contribution in [2.45, 2.75) is 44.5 Å². The van der Waals surface area contributed by atoms with Crippen molar-refractivity contribution in [2.75, 3.05) is 13.2 Å². The summed E-state index contributed by atoms with van der Waals surface area (Å²) in [5.41, 5.74) is 0.955. The highest BCUT2D eigenvalue weighted by molar-refractivity contribution is 5.96. The van der Waals surface area contributed by atoms with Crippen molar-refractivity contribution in [1.82, 2.24) is 19.4 Å². The van der Waals surface area contributed by atoms with Crippen LogP contribution in [-0.2, 0) is 9.53 Å². The molecule has 0 radical (unpaired) electrons. The zero-order chi connectivity index (χ0) is 19.5. The molecule has 2 aromatic rings. The maximum atomic E-state index is 13.2. The molecule has 0 saturated carbocycles. The normalized spacial score (nSPS) is 28.9. The lowest BCUT2D eigenvalue weighted by Gasteiger charge is -2.34. The van der Waals surface area contributed by atoms with Crippen LogP contribution in [0.25, 0.3) is 5.69 Å². The Labute approximate surface area is 163 Å². The number of rotatable bonds is 3. The molecule has 3 aliphatic heterocycles. The Bertz CT molecular complexity index is 908. The fourth-order valence-electron chi connectivity index (χ4n) is 4.97. The highest BCUT2D eigenvalue weighted by Crippen LogP contribution is 2.49. The monoisotopic (exact) mass is 380 g/mol. The largest absolute Gasteiger partial charge is 0.351 e. The third kappa shape index (κ3) is 2.35. The smallest absolute Gasteiger partial charge is 0.254 e. The van der Waals surface area contributed by atoms with Gasteiger partial charge in [-0.1, -0.05) is 13.8 Å². The number of carbonyl (C=O) groups is 2. The van der Waals surface area contributed by atoms with Crippen molar-refractivity contribution >= 4 is 11.8 Å². The van der Waals surface area contributed by atoms with E-state index >= 15 is 0 Å². The molecule has 3 aliphatic rings. The highest BCUT2D eigenvalue weighted by atomic mass is 16.5. The number of aromatic nitrogens is 2. The van der Waals surface area contributed by atoms with E-state index in [4.69, 9.17) is 4.74 Å². The summed E-state index contributed by atoms with van der Waals surface area (Å²) in [5.74, 6) is 0.405. The summed E-state index contributed by atoms with van der Waals surface area (Å²) >= 11 is 0. The molecule has 3 fully saturated rings. The second kappa shape index (κ2) is 6.17. The molecule has 2 amide bonds. The number of likely N-dealkylation sites (tertiary alicyclic amines) is 1. The van der Waals surface area contributed by atoms with Crippen LogP contribution < -0.4 is 0 Å². The average molecular weight is 380 g/mol. The lowest BCUT2D eigenvalue weighted by Crippen LogP contribution is -2.51. The Morgan fingerprint density at radius 1 is 1.29 bits per heavy atom. The van der Waals surface area contributed by atoms with Gasteiger partial charge in [0.25, 0.3) is 5.91 Å². The van der Waals surface area contributed by atoms with Gasteiger partial charge in [0.15, 0.2) is 5.72 Å². The molecular weight excluding hydrogens is 356 g/mol. The molecule has 1 aromatic carbocycles. The van der Waals surface area contributed by atoms with Crippen LogP contribution in [0.1, 0.15) is 37.0 Å². The molecule has 1 spiro atoms. The van der Waals surface area contributed by atoms with Crippen LogP contribution >= 0.6 is 0 Å². The number of benzene rings is 1. The molecule has 0 N–H and O–H groups in total. The Kier molecular flexibility index (Phi) is 3.84. The predicted molar refractivity (Wildman–Crippen MR) is 102 cm³/mol. The number of hydrogen-bond acceptors (Lipinski definition) is 4. The second-order valence-electron chi connectivity index (χ2n) is 8.22. The van der Waals surface area contributed by atoms with Gasteiger partial charge in [-0.15, -0.1) is 0 Å². The van der Waals surface area contributed by atoms with Crippen LogP contribution in [0.3, 0.4) is 0 Å². The zero-order valence-electron chi connectivity index (χ0n) is 16.1. The third-order valence-corrected chi connectivity index (χ3v) is 6.44. The summed E-state index contributed by atoms with van der Waals surface area (Å²) in [6.45, 7) is 5.41. The fraction of sp³-hybridized carbons (Fsp3) is 0.476. The van der Waals surface area contributed by atoms with Crippen molar-refractivity contribution in [3.8, 4) is 5.69 Å². The topological polar surface area (TPSA) is 67.7 Å². The van der Waals surface area contributed by atoms with Gasteiger partial charge in [-0.05, 0) is 30.2 Å². The maximum absolute atomic E-state index is 13.2. The Morgan fingerprint density at radius 3 is 2.75 bits per heavy atom. The molecule has 0 aliphatic carbocycles. The predicted octanol–water partition coefficient (Wildman–Crippen LogP) is 2.07. The van der Waals surface area contributed by atoms with Gasteiger partial charge >= 0.3 is 0 Å². The van der Waals surface area contributed by atoms with Crippen molar-refractivity contribution in [3.63, 3.8) is 0 Å². The van der Waals surface area contributed by atoms with E-state index in [0.717, 1.165) is 5.69 Å². The zero-order valence-corrected chi connectivity index (χ0v) is 16.1. The standard InChI is InChI=1S/C21H24N4O3/c1-14(2)17-12-28-21-7-9-24(18(21)11-19(26)25(17)21)20(27)15-3-5-16(6-4-15)23-10-8-22-13-23/h3-6,8,10,13-14,17-18H,7,9,11-12H2,1-2H3/t17-,18+,21-/m0/s1. The number of nitrogens with zero attached hydrogens (tertiary/aromatic N) is 4. The summed E-state index contributed by atoms with van der Waals surface area (Å²) in [4.78, 5) is 33.8. The van der Waals surface area contributed by atoms with Gasteiger partial charge in [-0.25, -0.2) is 4.98 Å². The second-order valence-corrected chi connectivity index (χ2v) is 8.22. The molecule has 7 heteroatoms. The number of imidazole rings is 1. The van der Waals surface area contributed by atoms with Crippen LogP contribution in [0.15, 0.2) is 43.0 Å². The van der Waals surface area contributed by atoms with Crippen molar-refractivity contribution < 1.29 is 14.3 Å². The summed E-state index contributed by atoms with van der Waals surface area (Å²) in [6, 6.07) is 7.39. The molecule has 1 aromatic heterocycles. The van der Waals surface area contributed by atoms with Gasteiger partial charge < -0.3 is 19.1 Å². The first-order valence-corrected chi connectivity index (χ1v) is 9.87. The van der Waals surface area contributed by atoms with Crippen LogP contribution in [-0.4, -0.2) is 62.1 Å². The number of hydrogen-bond donors (Lipinski definition) is 0. The Morgan fingerprint density at radius 2 is 2.07 bits per heavy atom. The van der Waals surface area contributed by atoms with Gasteiger partial charge in [0.1, 0.15) is 0 Å². The minimum atomic E-state index is -0.627. The first-order valence-electron chi connectivity index (χ1n) is 9.87. The van der Waals surface area contributed by atoms with E-state index in [0.29, 0.717) is 37.5 Å². The lowest BCUT2D eigenvalue weighted by atomic mass is 10.0. The first kappa shape index (κ1) is 17.4. The molecule has 146 valence electrons. The quantitative estimate of drug-likeness (QED) is 0.818. The third-order valence-electron chi connectivity index (χ3n) is 6.44. The molecule has 28 heavy (non-hydrogen) atoms. The van der Waals surface area contributed by atoms with E-state index in [1.165, 1.54) is 0 Å². The summed E-state index contributed by atoms with van der Waals surface area (Å²) in [5, 5.41) is 0. The van der Waals surface area contributed by atoms with E-state index in [1.54, 1.807) is 12.5 Å². The minimum Gasteiger partial charge on any atom is -0.351 e. The Balaban J connectivity index is 1.40. The van der Waals surface area contributed by atoms with E-state index < -0.39 is 5.72 Å². The molecule has 5 rings (SSSR count). The van der Waals surface area contributed by atoms with E-state index in [1.807, 2.05) is 44.8 Å². The highest BCUT2D eigenvalue weighted by Gasteiger charge is 2.65. The van der Waals surface area contributed by atoms with Crippen LogP contribution in [0.2, 0.25) is 0 Å². The SMILES string of the molecule is CC(C)[C@@H]1CO[C@@]23CCN(C(=O)c4ccc(-n5ccnc5)cc4)[C@@H]2CC(=O)N13. The van der Waals surface area contributed by atoms with E-state index in [9.17, 15) is 9.59 Å². The van der Waals surface area contributed by atoms with Gasteiger partial charge in [-0.3, -0.25) is 9.59 Å². The van der Waals surface area contributed by atoms with Crippen LogP contribution in [0.4, 0.5) is 0 Å². The van der Waals surface area contributed by atoms with Gasteiger partial charge in [-0.2, -0.15) is 0 Å². The molecular formula is C21H24N4O3. The number of ether oxygens (including phenoxy) is 1. The number of amides is 2.